The number of nitrogens with one attached hydrogen (secondary N) is 1. The lowest BCUT2D eigenvalue weighted by Crippen LogP contribution is -2.58. The Labute approximate surface area is 99.0 Å². The van der Waals surface area contributed by atoms with Crippen molar-refractivity contribution in [2.75, 3.05) is 19.8 Å². The molecule has 1 unspecified atom stereocenters. The fourth-order valence-corrected chi connectivity index (χ4v) is 2.92. The molecule has 0 spiro atoms. The van der Waals surface area contributed by atoms with Gasteiger partial charge in [-0.05, 0) is 25.5 Å². The average Bonchev–Trinajstić information content (AvgIpc) is 2.73. The lowest BCUT2D eigenvalue weighted by molar-refractivity contribution is -0.0776. The summed E-state index contributed by atoms with van der Waals surface area (Å²) >= 11 is 0. The standard InChI is InChI=1S/C13H15F2NO/c14-9-3-4-10(11(15)6-9)13(7-17-8-13)12-2-1-5-16-12/h3-4,6,12,16H,1-2,5,7-8H2. The third-order valence-electron chi connectivity index (χ3n) is 3.91. The molecule has 1 aromatic carbocycles. The highest BCUT2D eigenvalue weighted by molar-refractivity contribution is 5.33. The fraction of sp³-hybridized carbons (Fsp3) is 0.538. The summed E-state index contributed by atoms with van der Waals surface area (Å²) in [6.07, 6.45) is 2.13. The number of hydrogen-bond donors (Lipinski definition) is 1. The molecular weight excluding hydrogens is 224 g/mol. The number of ether oxygens (including phenoxy) is 1. The van der Waals surface area contributed by atoms with E-state index in [-0.39, 0.29) is 11.5 Å². The first-order valence-corrected chi connectivity index (χ1v) is 5.99. The molecule has 2 nitrogen and oxygen atoms in total. The van der Waals surface area contributed by atoms with Crippen molar-refractivity contribution < 1.29 is 13.5 Å². The van der Waals surface area contributed by atoms with Crippen molar-refractivity contribution in [1.29, 1.82) is 0 Å². The monoisotopic (exact) mass is 239 g/mol. The van der Waals surface area contributed by atoms with E-state index in [1.54, 1.807) is 6.07 Å². The first kappa shape index (κ1) is 11.1. The van der Waals surface area contributed by atoms with E-state index in [0.717, 1.165) is 25.5 Å². The molecule has 2 heterocycles. The van der Waals surface area contributed by atoms with Crippen molar-refractivity contribution in [2.24, 2.45) is 0 Å². The fourth-order valence-electron chi connectivity index (χ4n) is 2.92. The summed E-state index contributed by atoms with van der Waals surface area (Å²) < 4.78 is 32.1. The Balaban J connectivity index is 1.98. The topological polar surface area (TPSA) is 21.3 Å². The molecule has 2 aliphatic rings. The lowest BCUT2D eigenvalue weighted by atomic mass is 9.71. The molecule has 0 saturated carbocycles. The third kappa shape index (κ3) is 1.67. The number of benzene rings is 1. The molecule has 0 aliphatic carbocycles. The van der Waals surface area contributed by atoms with E-state index in [0.29, 0.717) is 18.8 Å². The summed E-state index contributed by atoms with van der Waals surface area (Å²) in [6.45, 7) is 2.01. The molecule has 1 aromatic rings. The predicted molar refractivity (Wildman–Crippen MR) is 59.9 cm³/mol. The van der Waals surface area contributed by atoms with Crippen LogP contribution in [-0.2, 0) is 10.2 Å². The molecule has 1 atom stereocenters. The van der Waals surface area contributed by atoms with Gasteiger partial charge in [0.05, 0.1) is 18.6 Å². The minimum atomic E-state index is -0.527. The zero-order chi connectivity index (χ0) is 11.9. The second kappa shape index (κ2) is 4.03. The van der Waals surface area contributed by atoms with E-state index in [9.17, 15) is 8.78 Å². The van der Waals surface area contributed by atoms with Crippen LogP contribution in [0.3, 0.4) is 0 Å². The van der Waals surface area contributed by atoms with Crippen LogP contribution in [0, 0.1) is 11.6 Å². The van der Waals surface area contributed by atoms with E-state index >= 15 is 0 Å². The van der Waals surface area contributed by atoms with Gasteiger partial charge in [0.1, 0.15) is 11.6 Å². The van der Waals surface area contributed by atoms with Gasteiger partial charge < -0.3 is 10.1 Å². The molecule has 0 radical (unpaired) electrons. The van der Waals surface area contributed by atoms with Crippen LogP contribution in [0.2, 0.25) is 0 Å². The van der Waals surface area contributed by atoms with Crippen LogP contribution in [0.25, 0.3) is 0 Å². The van der Waals surface area contributed by atoms with Crippen LogP contribution < -0.4 is 5.32 Å². The molecule has 2 saturated heterocycles. The van der Waals surface area contributed by atoms with Crippen molar-refractivity contribution in [3.05, 3.63) is 35.4 Å². The third-order valence-corrected chi connectivity index (χ3v) is 3.91. The van der Waals surface area contributed by atoms with Gasteiger partial charge in [-0.1, -0.05) is 6.07 Å². The molecular formula is C13H15F2NO. The van der Waals surface area contributed by atoms with E-state index in [1.807, 2.05) is 0 Å². The summed E-state index contributed by atoms with van der Waals surface area (Å²) in [4.78, 5) is 0. The summed E-state index contributed by atoms with van der Waals surface area (Å²) in [5.74, 6) is -0.983. The minimum Gasteiger partial charge on any atom is -0.379 e. The number of rotatable bonds is 2. The van der Waals surface area contributed by atoms with Gasteiger partial charge in [0.15, 0.2) is 0 Å². The minimum absolute atomic E-state index is 0.246. The van der Waals surface area contributed by atoms with Gasteiger partial charge in [-0.3, -0.25) is 0 Å². The molecule has 1 N–H and O–H groups in total. The van der Waals surface area contributed by atoms with Crippen molar-refractivity contribution in [3.63, 3.8) is 0 Å². The van der Waals surface area contributed by atoms with Crippen LogP contribution in [0.1, 0.15) is 18.4 Å². The maximum Gasteiger partial charge on any atom is 0.130 e. The normalized spacial score (nSPS) is 26.8. The van der Waals surface area contributed by atoms with Crippen molar-refractivity contribution in [1.82, 2.24) is 5.32 Å². The molecule has 4 heteroatoms. The molecule has 3 rings (SSSR count). The molecule has 0 amide bonds. The molecule has 2 fully saturated rings. The summed E-state index contributed by atoms with van der Waals surface area (Å²) in [5.41, 5.74) is 0.290. The van der Waals surface area contributed by atoms with Gasteiger partial charge in [0.25, 0.3) is 0 Å². The number of halogens is 2. The Hall–Kier alpha value is -1.00. The predicted octanol–water partition coefficient (Wildman–Crippen LogP) is 1.98. The maximum atomic E-state index is 13.9. The summed E-state index contributed by atoms with van der Waals surface area (Å²) in [5, 5.41) is 3.40. The Morgan fingerprint density at radius 3 is 2.65 bits per heavy atom. The highest BCUT2D eigenvalue weighted by Gasteiger charge is 2.49. The Morgan fingerprint density at radius 1 is 1.29 bits per heavy atom. The zero-order valence-corrected chi connectivity index (χ0v) is 9.51. The molecule has 92 valence electrons. The smallest absolute Gasteiger partial charge is 0.130 e. The van der Waals surface area contributed by atoms with Gasteiger partial charge in [-0.25, -0.2) is 8.78 Å². The first-order valence-electron chi connectivity index (χ1n) is 5.99. The van der Waals surface area contributed by atoms with Crippen molar-refractivity contribution in [2.45, 2.75) is 24.3 Å². The van der Waals surface area contributed by atoms with Gasteiger partial charge in [0, 0.05) is 17.7 Å². The van der Waals surface area contributed by atoms with Gasteiger partial charge in [-0.15, -0.1) is 0 Å². The van der Waals surface area contributed by atoms with Crippen molar-refractivity contribution in [3.8, 4) is 0 Å². The van der Waals surface area contributed by atoms with Crippen LogP contribution in [0.15, 0.2) is 18.2 Å². The largest absolute Gasteiger partial charge is 0.379 e. The van der Waals surface area contributed by atoms with Crippen molar-refractivity contribution >= 4 is 0 Å². The van der Waals surface area contributed by atoms with E-state index in [2.05, 4.69) is 5.32 Å². The van der Waals surface area contributed by atoms with E-state index < -0.39 is 11.6 Å². The summed E-state index contributed by atoms with van der Waals surface area (Å²) in [7, 11) is 0. The van der Waals surface area contributed by atoms with Crippen LogP contribution in [0.5, 0.6) is 0 Å². The molecule has 17 heavy (non-hydrogen) atoms. The highest BCUT2D eigenvalue weighted by atomic mass is 19.1. The SMILES string of the molecule is Fc1ccc(C2(C3CCCN3)COC2)c(F)c1. The second-order valence-corrected chi connectivity index (χ2v) is 4.92. The lowest BCUT2D eigenvalue weighted by Gasteiger charge is -2.46. The van der Waals surface area contributed by atoms with E-state index in [1.165, 1.54) is 6.07 Å². The van der Waals surface area contributed by atoms with Gasteiger partial charge in [0.2, 0.25) is 0 Å². The van der Waals surface area contributed by atoms with Crippen LogP contribution >= 0.6 is 0 Å². The molecule has 0 bridgehead atoms. The van der Waals surface area contributed by atoms with Gasteiger partial charge in [-0.2, -0.15) is 0 Å². The van der Waals surface area contributed by atoms with E-state index in [4.69, 9.17) is 4.74 Å². The highest BCUT2D eigenvalue weighted by Crippen LogP contribution is 2.40. The Kier molecular flexibility index (Phi) is 2.64. The quantitative estimate of drug-likeness (QED) is 0.852. The Morgan fingerprint density at radius 2 is 2.12 bits per heavy atom. The second-order valence-electron chi connectivity index (χ2n) is 4.92. The van der Waals surface area contributed by atoms with Gasteiger partial charge >= 0.3 is 0 Å². The average molecular weight is 239 g/mol. The number of hydrogen-bond acceptors (Lipinski definition) is 2. The summed E-state index contributed by atoms with van der Waals surface area (Å²) in [6, 6.07) is 4.10. The zero-order valence-electron chi connectivity index (χ0n) is 9.51. The Bertz CT molecular complexity index is 425. The molecule has 0 aromatic heterocycles. The maximum absolute atomic E-state index is 13.9. The molecule has 2 aliphatic heterocycles. The van der Waals surface area contributed by atoms with Crippen LogP contribution in [-0.4, -0.2) is 25.8 Å². The first-order chi connectivity index (χ1) is 8.22. The van der Waals surface area contributed by atoms with Crippen LogP contribution in [0.4, 0.5) is 8.78 Å².